The molecule has 1 aliphatic rings. The van der Waals surface area contributed by atoms with Crippen LogP contribution in [0, 0.1) is 5.92 Å². The average molecular weight is 463 g/mol. The van der Waals surface area contributed by atoms with E-state index in [2.05, 4.69) is 22.4 Å². The second kappa shape index (κ2) is 10.6. The summed E-state index contributed by atoms with van der Waals surface area (Å²) < 4.78 is 6.90. The van der Waals surface area contributed by atoms with E-state index in [1.807, 2.05) is 22.8 Å². The number of Topliss-reactive ketones (excluding diaryl/α,β-unsaturated/α-hetero) is 1. The highest BCUT2D eigenvalue weighted by atomic mass is 16.5. The van der Waals surface area contributed by atoms with Crippen LogP contribution in [0.15, 0.2) is 48.8 Å². The molecule has 2 aromatic carbocycles. The van der Waals surface area contributed by atoms with Gasteiger partial charge in [0.25, 0.3) is 5.91 Å². The summed E-state index contributed by atoms with van der Waals surface area (Å²) in [6.07, 6.45) is 4.12. The van der Waals surface area contributed by atoms with Gasteiger partial charge in [-0.05, 0) is 43.9 Å². The molecular weight excluding hydrogens is 432 g/mol. The fraction of sp³-hybridized carbons (Fsp3) is 0.385. The van der Waals surface area contributed by atoms with Crippen LogP contribution in [0.1, 0.15) is 35.7 Å². The van der Waals surface area contributed by atoms with Gasteiger partial charge in [0.1, 0.15) is 12.4 Å². The zero-order valence-electron chi connectivity index (χ0n) is 19.6. The molecule has 0 radical (unpaired) electrons. The number of nitrogens with one attached hydrogen (secondary N) is 1. The van der Waals surface area contributed by atoms with Crippen LogP contribution < -0.4 is 5.32 Å². The van der Waals surface area contributed by atoms with Gasteiger partial charge in [0.2, 0.25) is 5.91 Å². The number of aromatic nitrogens is 2. The van der Waals surface area contributed by atoms with E-state index < -0.39 is 0 Å². The Kier molecular flexibility index (Phi) is 7.37. The van der Waals surface area contributed by atoms with E-state index in [1.54, 1.807) is 30.3 Å². The van der Waals surface area contributed by atoms with E-state index in [9.17, 15) is 14.4 Å². The predicted octanol–water partition coefficient (Wildman–Crippen LogP) is 3.31. The molecule has 1 N–H and O–H groups in total. The first-order chi connectivity index (χ1) is 16.5. The van der Waals surface area contributed by atoms with Gasteiger partial charge in [-0.25, -0.2) is 4.98 Å². The van der Waals surface area contributed by atoms with Crippen molar-refractivity contribution < 1.29 is 19.1 Å². The summed E-state index contributed by atoms with van der Waals surface area (Å²) in [5.41, 5.74) is 3.52. The summed E-state index contributed by atoms with van der Waals surface area (Å²) in [7, 11) is 1.45. The highest BCUT2D eigenvalue weighted by Crippen LogP contribution is 2.27. The fourth-order valence-corrected chi connectivity index (χ4v) is 4.50. The summed E-state index contributed by atoms with van der Waals surface area (Å²) in [5.74, 6) is -0.490. The molecule has 2 heterocycles. The number of carbonyl (C=O) groups is 3. The molecule has 178 valence electrons. The maximum atomic E-state index is 13.7. The summed E-state index contributed by atoms with van der Waals surface area (Å²) in [4.78, 5) is 44.1. The largest absolute Gasteiger partial charge is 0.375 e. The van der Waals surface area contributed by atoms with E-state index in [1.165, 1.54) is 12.7 Å². The minimum Gasteiger partial charge on any atom is -0.375 e. The molecule has 0 aliphatic carbocycles. The van der Waals surface area contributed by atoms with E-state index in [4.69, 9.17) is 4.74 Å². The molecule has 1 fully saturated rings. The number of hydrogen-bond acceptors (Lipinski definition) is 5. The normalized spacial score (nSPS) is 15.9. The van der Waals surface area contributed by atoms with Gasteiger partial charge >= 0.3 is 0 Å². The summed E-state index contributed by atoms with van der Waals surface area (Å²) in [5, 5.41) is 2.79. The number of amides is 2. The number of rotatable bonds is 8. The number of nitrogens with zero attached hydrogens (tertiary/aromatic N) is 3. The lowest BCUT2D eigenvalue weighted by Gasteiger charge is -2.32. The Balaban J connectivity index is 1.69. The number of fused-ring (bicyclic) bond motifs is 1. The van der Waals surface area contributed by atoms with Crippen molar-refractivity contribution in [3.8, 4) is 0 Å². The lowest BCUT2D eigenvalue weighted by Crippen LogP contribution is -2.42. The lowest BCUT2D eigenvalue weighted by molar-refractivity contribution is -0.122. The number of piperidine rings is 1. The van der Waals surface area contributed by atoms with Crippen LogP contribution in [0.4, 0.5) is 5.69 Å². The smallest absolute Gasteiger partial charge is 0.256 e. The Morgan fingerprint density at radius 3 is 2.71 bits per heavy atom. The maximum Gasteiger partial charge on any atom is 0.256 e. The van der Waals surface area contributed by atoms with Crippen molar-refractivity contribution in [3.05, 3.63) is 59.9 Å². The molecule has 4 rings (SSSR count). The van der Waals surface area contributed by atoms with Crippen LogP contribution >= 0.6 is 0 Å². The molecule has 1 unspecified atom stereocenters. The van der Waals surface area contributed by atoms with Gasteiger partial charge in [0, 0.05) is 38.3 Å². The molecule has 8 heteroatoms. The van der Waals surface area contributed by atoms with Crippen molar-refractivity contribution >= 4 is 34.3 Å². The van der Waals surface area contributed by atoms with Crippen LogP contribution in [0.3, 0.4) is 0 Å². The predicted molar refractivity (Wildman–Crippen MR) is 130 cm³/mol. The number of likely N-dealkylation sites (tertiary alicyclic amines) is 1. The molecule has 1 aromatic heterocycles. The third kappa shape index (κ3) is 5.34. The van der Waals surface area contributed by atoms with Crippen LogP contribution in [0.5, 0.6) is 0 Å². The Morgan fingerprint density at radius 2 is 1.97 bits per heavy atom. The minimum absolute atomic E-state index is 0.0841. The van der Waals surface area contributed by atoms with Crippen molar-refractivity contribution in [2.24, 2.45) is 5.92 Å². The topological polar surface area (TPSA) is 93.5 Å². The molecule has 0 saturated carbocycles. The Labute approximate surface area is 198 Å². The zero-order valence-corrected chi connectivity index (χ0v) is 19.6. The number of carbonyl (C=O) groups excluding carboxylic acids is 3. The van der Waals surface area contributed by atoms with Gasteiger partial charge < -0.3 is 19.5 Å². The van der Waals surface area contributed by atoms with E-state index in [-0.39, 0.29) is 30.1 Å². The molecule has 34 heavy (non-hydrogen) atoms. The summed E-state index contributed by atoms with van der Waals surface area (Å²) >= 11 is 0. The van der Waals surface area contributed by atoms with Crippen molar-refractivity contribution in [2.75, 3.05) is 32.1 Å². The van der Waals surface area contributed by atoms with Crippen molar-refractivity contribution in [2.45, 2.75) is 32.7 Å². The van der Waals surface area contributed by atoms with Crippen LogP contribution in [-0.4, -0.2) is 58.9 Å². The van der Waals surface area contributed by atoms with Gasteiger partial charge in [-0.2, -0.15) is 0 Å². The fourth-order valence-electron chi connectivity index (χ4n) is 4.50. The van der Waals surface area contributed by atoms with Crippen molar-refractivity contribution in [3.63, 3.8) is 0 Å². The van der Waals surface area contributed by atoms with E-state index in [0.717, 1.165) is 24.8 Å². The summed E-state index contributed by atoms with van der Waals surface area (Å²) in [6.45, 7) is 3.17. The highest BCUT2D eigenvalue weighted by Gasteiger charge is 2.29. The first-order valence-electron chi connectivity index (χ1n) is 11.6. The number of aryl methyl sites for hydroxylation is 2. The maximum absolute atomic E-state index is 13.7. The number of anilines is 1. The standard InChI is InChI=1S/C26H30N4O4/c1-18(31)20-9-6-11-29(15-20)26(33)22-13-21(28-24(32)16-34-2)14-23-25(22)30(17-27-23)12-10-19-7-4-3-5-8-19/h3-5,7-8,13-14,17,20H,6,9-12,15-16H2,1-2H3,(H,28,32). The van der Waals surface area contributed by atoms with Gasteiger partial charge in [-0.15, -0.1) is 0 Å². The first kappa shape index (κ1) is 23.6. The van der Waals surface area contributed by atoms with Crippen LogP contribution in [0.2, 0.25) is 0 Å². The number of methoxy groups -OCH3 is 1. The molecule has 2 amide bonds. The van der Waals surface area contributed by atoms with Gasteiger partial charge in [0.05, 0.1) is 22.9 Å². The van der Waals surface area contributed by atoms with Gasteiger partial charge in [-0.1, -0.05) is 30.3 Å². The molecule has 0 spiro atoms. The minimum atomic E-state index is -0.307. The second-order valence-electron chi connectivity index (χ2n) is 8.75. The van der Waals surface area contributed by atoms with Gasteiger partial charge in [-0.3, -0.25) is 14.4 Å². The molecule has 1 saturated heterocycles. The molecule has 3 aromatic rings. The average Bonchev–Trinajstić information content (AvgIpc) is 3.25. The quantitative estimate of drug-likeness (QED) is 0.554. The molecule has 0 bridgehead atoms. The Bertz CT molecular complexity index is 1190. The van der Waals surface area contributed by atoms with E-state index in [0.29, 0.717) is 36.4 Å². The number of ether oxygens (including phenoxy) is 1. The molecule has 8 nitrogen and oxygen atoms in total. The lowest BCUT2D eigenvalue weighted by atomic mass is 9.94. The van der Waals surface area contributed by atoms with E-state index >= 15 is 0 Å². The Morgan fingerprint density at radius 1 is 1.18 bits per heavy atom. The monoisotopic (exact) mass is 462 g/mol. The highest BCUT2D eigenvalue weighted by molar-refractivity contribution is 6.07. The third-order valence-corrected chi connectivity index (χ3v) is 6.27. The third-order valence-electron chi connectivity index (χ3n) is 6.27. The van der Waals surface area contributed by atoms with Crippen molar-refractivity contribution in [1.82, 2.24) is 14.5 Å². The number of ketones is 1. The van der Waals surface area contributed by atoms with Crippen LogP contribution in [-0.2, 0) is 27.3 Å². The Hall–Kier alpha value is -3.52. The number of hydrogen-bond donors (Lipinski definition) is 1. The number of imidazole rings is 1. The second-order valence-corrected chi connectivity index (χ2v) is 8.75. The first-order valence-corrected chi connectivity index (χ1v) is 11.6. The zero-order chi connectivity index (χ0) is 24.1. The number of benzene rings is 2. The van der Waals surface area contributed by atoms with Gasteiger partial charge in [0.15, 0.2) is 0 Å². The SMILES string of the molecule is COCC(=O)Nc1cc(C(=O)N2CCCC(C(C)=O)C2)c2c(c1)ncn2CCc1ccccc1. The summed E-state index contributed by atoms with van der Waals surface area (Å²) in [6, 6.07) is 13.6. The van der Waals surface area contributed by atoms with Crippen LogP contribution in [0.25, 0.3) is 11.0 Å². The molecule has 1 atom stereocenters. The molecule has 1 aliphatic heterocycles. The molecular formula is C26H30N4O4. The van der Waals surface area contributed by atoms with Crippen molar-refractivity contribution in [1.29, 1.82) is 0 Å².